The molecule has 1 atom stereocenters. The van der Waals surface area contributed by atoms with Crippen molar-refractivity contribution in [2.75, 3.05) is 33.3 Å². The van der Waals surface area contributed by atoms with Crippen LogP contribution in [-0.2, 0) is 14.3 Å². The number of rotatable bonds is 7. The minimum absolute atomic E-state index is 0.119. The monoisotopic (exact) mass is 298 g/mol. The average Bonchev–Trinajstić information content (AvgIpc) is 2.84. The molecule has 0 spiro atoms. The van der Waals surface area contributed by atoms with Gasteiger partial charge in [0.05, 0.1) is 13.7 Å². The molecular formula is C16H30N2O3. The van der Waals surface area contributed by atoms with Crippen molar-refractivity contribution in [2.24, 2.45) is 11.8 Å². The number of methoxy groups -OCH3 is 1. The zero-order valence-corrected chi connectivity index (χ0v) is 14.1. The van der Waals surface area contributed by atoms with Gasteiger partial charge in [-0.3, -0.25) is 14.5 Å². The average molecular weight is 298 g/mol. The van der Waals surface area contributed by atoms with Crippen LogP contribution in [0.2, 0.25) is 0 Å². The largest absolute Gasteiger partial charge is 0.468 e. The summed E-state index contributed by atoms with van der Waals surface area (Å²) >= 11 is 0. The van der Waals surface area contributed by atoms with E-state index in [9.17, 15) is 9.59 Å². The number of hydrogen-bond acceptors (Lipinski definition) is 4. The summed E-state index contributed by atoms with van der Waals surface area (Å²) in [5.74, 6) is 0.790. The molecule has 1 unspecified atom stereocenters. The summed E-state index contributed by atoms with van der Waals surface area (Å²) in [6.45, 7) is 11.1. The van der Waals surface area contributed by atoms with Gasteiger partial charge in [0.15, 0.2) is 0 Å². The number of carbonyl (C=O) groups is 2. The van der Waals surface area contributed by atoms with Crippen molar-refractivity contribution in [3.8, 4) is 0 Å². The second-order valence-electron chi connectivity index (χ2n) is 6.74. The molecule has 5 heteroatoms. The van der Waals surface area contributed by atoms with Crippen LogP contribution in [0, 0.1) is 11.8 Å². The van der Waals surface area contributed by atoms with Gasteiger partial charge in [-0.25, -0.2) is 0 Å². The van der Waals surface area contributed by atoms with Gasteiger partial charge in [-0.2, -0.15) is 0 Å². The summed E-state index contributed by atoms with van der Waals surface area (Å²) in [6.07, 6.45) is 1.73. The van der Waals surface area contributed by atoms with Crippen molar-refractivity contribution in [2.45, 2.75) is 46.6 Å². The van der Waals surface area contributed by atoms with Crippen LogP contribution in [-0.4, -0.2) is 61.0 Å². The van der Waals surface area contributed by atoms with Crippen molar-refractivity contribution in [3.05, 3.63) is 0 Å². The Morgan fingerprint density at radius 2 is 1.76 bits per heavy atom. The number of amides is 1. The SMILES string of the molecule is COC(=O)C1CCCN1CC(=O)N(CC(C)C)CC(C)C. The summed E-state index contributed by atoms with van der Waals surface area (Å²) in [5, 5.41) is 0. The highest BCUT2D eigenvalue weighted by molar-refractivity contribution is 5.81. The highest BCUT2D eigenvalue weighted by Crippen LogP contribution is 2.18. The number of esters is 1. The molecule has 21 heavy (non-hydrogen) atoms. The first-order valence-corrected chi connectivity index (χ1v) is 7.94. The lowest BCUT2D eigenvalue weighted by Crippen LogP contribution is -2.46. The lowest BCUT2D eigenvalue weighted by molar-refractivity contribution is -0.147. The Morgan fingerprint density at radius 3 is 2.24 bits per heavy atom. The molecule has 1 saturated heterocycles. The molecule has 122 valence electrons. The van der Waals surface area contributed by atoms with E-state index in [0.29, 0.717) is 18.4 Å². The summed E-state index contributed by atoms with van der Waals surface area (Å²) in [7, 11) is 1.41. The van der Waals surface area contributed by atoms with Crippen LogP contribution in [0.3, 0.4) is 0 Å². The van der Waals surface area contributed by atoms with Crippen molar-refractivity contribution in [1.82, 2.24) is 9.80 Å². The van der Waals surface area contributed by atoms with Crippen molar-refractivity contribution < 1.29 is 14.3 Å². The van der Waals surface area contributed by atoms with E-state index in [2.05, 4.69) is 27.7 Å². The molecule has 1 aliphatic rings. The smallest absolute Gasteiger partial charge is 0.323 e. The number of ether oxygens (including phenoxy) is 1. The first-order chi connectivity index (χ1) is 9.85. The third kappa shape index (κ3) is 5.65. The number of hydrogen-bond donors (Lipinski definition) is 0. The summed E-state index contributed by atoms with van der Waals surface area (Å²) in [5.41, 5.74) is 0. The highest BCUT2D eigenvalue weighted by atomic mass is 16.5. The maximum Gasteiger partial charge on any atom is 0.323 e. The third-order valence-corrected chi connectivity index (χ3v) is 3.70. The fourth-order valence-corrected chi connectivity index (χ4v) is 2.85. The minimum atomic E-state index is -0.251. The second kappa shape index (κ2) is 8.37. The van der Waals surface area contributed by atoms with Crippen LogP contribution in [0.5, 0.6) is 0 Å². The quantitative estimate of drug-likeness (QED) is 0.672. The molecule has 0 aromatic heterocycles. The van der Waals surface area contributed by atoms with E-state index in [-0.39, 0.29) is 17.9 Å². The Kier molecular flexibility index (Phi) is 7.15. The first-order valence-electron chi connectivity index (χ1n) is 7.94. The van der Waals surface area contributed by atoms with Gasteiger partial charge in [0.1, 0.15) is 6.04 Å². The maximum absolute atomic E-state index is 12.6. The second-order valence-corrected chi connectivity index (χ2v) is 6.74. The normalized spacial score (nSPS) is 19.3. The zero-order chi connectivity index (χ0) is 16.0. The first kappa shape index (κ1) is 18.0. The molecule has 1 fully saturated rings. The molecule has 1 rings (SSSR count). The Bertz CT molecular complexity index is 345. The van der Waals surface area contributed by atoms with Gasteiger partial charge in [0.25, 0.3) is 0 Å². The van der Waals surface area contributed by atoms with E-state index in [1.807, 2.05) is 9.80 Å². The topological polar surface area (TPSA) is 49.9 Å². The third-order valence-electron chi connectivity index (χ3n) is 3.70. The van der Waals surface area contributed by atoms with Gasteiger partial charge in [-0.15, -0.1) is 0 Å². The molecule has 0 aromatic carbocycles. The minimum Gasteiger partial charge on any atom is -0.468 e. The van der Waals surface area contributed by atoms with Gasteiger partial charge in [0.2, 0.25) is 5.91 Å². The van der Waals surface area contributed by atoms with Crippen molar-refractivity contribution >= 4 is 11.9 Å². The maximum atomic E-state index is 12.6. The van der Waals surface area contributed by atoms with Crippen LogP contribution in [0.15, 0.2) is 0 Å². The molecule has 0 aromatic rings. The predicted octanol–water partition coefficient (Wildman–Crippen LogP) is 1.76. The number of nitrogens with zero attached hydrogens (tertiary/aromatic N) is 2. The molecule has 0 N–H and O–H groups in total. The van der Waals surface area contributed by atoms with Crippen molar-refractivity contribution in [3.63, 3.8) is 0 Å². The molecule has 0 saturated carbocycles. The van der Waals surface area contributed by atoms with Crippen LogP contribution in [0.1, 0.15) is 40.5 Å². The van der Waals surface area contributed by atoms with E-state index < -0.39 is 0 Å². The molecule has 1 heterocycles. The Morgan fingerprint density at radius 1 is 1.19 bits per heavy atom. The van der Waals surface area contributed by atoms with E-state index in [1.165, 1.54) is 7.11 Å². The lowest BCUT2D eigenvalue weighted by atomic mass is 10.1. The fraction of sp³-hybridized carbons (Fsp3) is 0.875. The van der Waals surface area contributed by atoms with E-state index in [4.69, 9.17) is 4.74 Å². The predicted molar refractivity (Wildman–Crippen MR) is 82.9 cm³/mol. The number of carbonyl (C=O) groups excluding carboxylic acids is 2. The van der Waals surface area contributed by atoms with Crippen molar-refractivity contribution in [1.29, 1.82) is 0 Å². The van der Waals surface area contributed by atoms with Gasteiger partial charge in [-0.1, -0.05) is 27.7 Å². The standard InChI is InChI=1S/C16H30N2O3/c1-12(2)9-18(10-13(3)4)15(19)11-17-8-6-7-14(17)16(20)21-5/h12-14H,6-11H2,1-5H3. The molecule has 5 nitrogen and oxygen atoms in total. The van der Waals surface area contributed by atoms with Crippen LogP contribution in [0.25, 0.3) is 0 Å². The highest BCUT2D eigenvalue weighted by Gasteiger charge is 2.33. The molecule has 1 amide bonds. The van der Waals surface area contributed by atoms with Gasteiger partial charge >= 0.3 is 5.97 Å². The van der Waals surface area contributed by atoms with Crippen LogP contribution in [0.4, 0.5) is 0 Å². The molecular weight excluding hydrogens is 268 g/mol. The molecule has 0 bridgehead atoms. The molecule has 1 aliphatic heterocycles. The Balaban J connectivity index is 2.64. The Labute approximate surface area is 128 Å². The summed E-state index contributed by atoms with van der Waals surface area (Å²) in [4.78, 5) is 28.2. The molecule has 0 radical (unpaired) electrons. The van der Waals surface area contributed by atoms with Crippen LogP contribution < -0.4 is 0 Å². The van der Waals surface area contributed by atoms with E-state index in [1.54, 1.807) is 0 Å². The molecule has 0 aliphatic carbocycles. The zero-order valence-electron chi connectivity index (χ0n) is 14.1. The Hall–Kier alpha value is -1.10. The van der Waals surface area contributed by atoms with Gasteiger partial charge < -0.3 is 9.64 Å². The number of likely N-dealkylation sites (tertiary alicyclic amines) is 1. The summed E-state index contributed by atoms with van der Waals surface area (Å²) in [6, 6.07) is -0.251. The van der Waals surface area contributed by atoms with E-state index >= 15 is 0 Å². The van der Waals surface area contributed by atoms with Crippen LogP contribution >= 0.6 is 0 Å². The van der Waals surface area contributed by atoms with E-state index in [0.717, 1.165) is 32.5 Å². The van der Waals surface area contributed by atoms with Gasteiger partial charge in [0, 0.05) is 13.1 Å². The van der Waals surface area contributed by atoms with Gasteiger partial charge in [-0.05, 0) is 31.2 Å². The fourth-order valence-electron chi connectivity index (χ4n) is 2.85. The lowest BCUT2D eigenvalue weighted by Gasteiger charge is -2.29. The summed E-state index contributed by atoms with van der Waals surface area (Å²) < 4.78 is 4.83.